The molecule has 1 aliphatic heterocycles. The van der Waals surface area contributed by atoms with E-state index < -0.39 is 12.1 Å². The highest BCUT2D eigenvalue weighted by Gasteiger charge is 2.29. The van der Waals surface area contributed by atoms with Crippen molar-refractivity contribution in [3.63, 3.8) is 0 Å². The quantitative estimate of drug-likeness (QED) is 0.728. The lowest BCUT2D eigenvalue weighted by atomic mass is 9.98. The number of carbonyl (C=O) groups is 3. The molecular formula is C17H24N4O4. The Morgan fingerprint density at radius 1 is 1.24 bits per heavy atom. The average molecular weight is 348 g/mol. The summed E-state index contributed by atoms with van der Waals surface area (Å²) < 4.78 is 4.96. The summed E-state index contributed by atoms with van der Waals surface area (Å²) in [5, 5.41) is 2.66. The number of amides is 4. The molecule has 8 heteroatoms. The number of hydrogen-bond donors (Lipinski definition) is 3. The molecule has 0 aromatic heterocycles. The van der Waals surface area contributed by atoms with Gasteiger partial charge in [-0.2, -0.15) is 0 Å². The Morgan fingerprint density at radius 3 is 2.72 bits per heavy atom. The predicted octanol–water partition coefficient (Wildman–Crippen LogP) is 2.02. The number of piperidine rings is 1. The number of para-hydroxylation sites is 1. The minimum absolute atomic E-state index is 0.283. The minimum Gasteiger partial charge on any atom is -0.450 e. The lowest BCUT2D eigenvalue weighted by Gasteiger charge is -2.31. The molecule has 1 aromatic rings. The molecule has 1 heterocycles. The Hall–Kier alpha value is -2.77. The normalized spacial score (nSPS) is 16.7. The van der Waals surface area contributed by atoms with Crippen molar-refractivity contribution in [1.82, 2.24) is 15.8 Å². The molecule has 1 atom stereocenters. The number of nitrogens with one attached hydrogen (secondary N) is 3. The molecule has 1 aliphatic rings. The van der Waals surface area contributed by atoms with Crippen LogP contribution in [0.5, 0.6) is 0 Å². The number of hydrogen-bond acceptors (Lipinski definition) is 4. The van der Waals surface area contributed by atoms with Crippen molar-refractivity contribution in [2.45, 2.75) is 26.7 Å². The summed E-state index contributed by atoms with van der Waals surface area (Å²) >= 11 is 0. The molecule has 0 unspecified atom stereocenters. The number of anilines is 1. The first kappa shape index (κ1) is 18.6. The minimum atomic E-state index is -0.527. The van der Waals surface area contributed by atoms with Gasteiger partial charge < -0.3 is 15.0 Å². The van der Waals surface area contributed by atoms with E-state index in [4.69, 9.17) is 4.74 Å². The Balaban J connectivity index is 1.80. The summed E-state index contributed by atoms with van der Waals surface area (Å²) in [5.41, 5.74) is 6.33. The van der Waals surface area contributed by atoms with Crippen LogP contribution in [0, 0.1) is 12.8 Å². The molecule has 0 bridgehead atoms. The number of carbonyl (C=O) groups excluding carboxylic acids is 3. The largest absolute Gasteiger partial charge is 0.450 e. The third kappa shape index (κ3) is 5.37. The van der Waals surface area contributed by atoms with Gasteiger partial charge in [0, 0.05) is 18.8 Å². The second-order valence-electron chi connectivity index (χ2n) is 5.87. The summed E-state index contributed by atoms with van der Waals surface area (Å²) in [6.07, 6.45) is 0.958. The average Bonchev–Trinajstić information content (AvgIpc) is 2.62. The van der Waals surface area contributed by atoms with Crippen LogP contribution < -0.4 is 16.2 Å². The van der Waals surface area contributed by atoms with Crippen LogP contribution in [0.2, 0.25) is 0 Å². The third-order valence-corrected chi connectivity index (χ3v) is 4.01. The van der Waals surface area contributed by atoms with Crippen molar-refractivity contribution in [1.29, 1.82) is 0 Å². The smallest absolute Gasteiger partial charge is 0.409 e. The molecule has 1 aromatic carbocycles. The monoisotopic (exact) mass is 348 g/mol. The number of hydrazine groups is 1. The van der Waals surface area contributed by atoms with Crippen LogP contribution in [0.15, 0.2) is 24.3 Å². The first-order valence-corrected chi connectivity index (χ1v) is 8.35. The first-order chi connectivity index (χ1) is 12.0. The highest BCUT2D eigenvalue weighted by atomic mass is 16.6. The molecule has 4 amide bonds. The molecule has 0 radical (unpaired) electrons. The zero-order chi connectivity index (χ0) is 18.2. The molecule has 3 N–H and O–H groups in total. The highest BCUT2D eigenvalue weighted by molar-refractivity contribution is 5.92. The second kappa shape index (κ2) is 8.91. The van der Waals surface area contributed by atoms with E-state index in [1.165, 1.54) is 4.90 Å². The Kier molecular flexibility index (Phi) is 6.62. The van der Waals surface area contributed by atoms with Gasteiger partial charge in [0.05, 0.1) is 12.5 Å². The van der Waals surface area contributed by atoms with Crippen LogP contribution in [0.3, 0.4) is 0 Å². The van der Waals surface area contributed by atoms with Gasteiger partial charge >= 0.3 is 12.1 Å². The van der Waals surface area contributed by atoms with Crippen molar-refractivity contribution < 1.29 is 19.1 Å². The molecule has 0 aliphatic carbocycles. The van der Waals surface area contributed by atoms with Gasteiger partial charge in [0.25, 0.3) is 0 Å². The van der Waals surface area contributed by atoms with E-state index in [0.29, 0.717) is 31.7 Å². The van der Waals surface area contributed by atoms with E-state index in [2.05, 4.69) is 16.2 Å². The predicted molar refractivity (Wildman–Crippen MR) is 92.8 cm³/mol. The van der Waals surface area contributed by atoms with Crippen molar-refractivity contribution in [3.05, 3.63) is 29.8 Å². The maximum atomic E-state index is 12.2. The number of ether oxygens (including phenoxy) is 1. The summed E-state index contributed by atoms with van der Waals surface area (Å²) in [4.78, 5) is 37.4. The summed E-state index contributed by atoms with van der Waals surface area (Å²) in [6.45, 7) is 4.77. The number of benzene rings is 1. The summed E-state index contributed by atoms with van der Waals surface area (Å²) in [7, 11) is 0. The van der Waals surface area contributed by atoms with E-state index in [1.807, 2.05) is 25.1 Å². The van der Waals surface area contributed by atoms with E-state index in [-0.39, 0.29) is 18.4 Å². The number of urea groups is 1. The van der Waals surface area contributed by atoms with E-state index in [9.17, 15) is 14.4 Å². The highest BCUT2D eigenvalue weighted by Crippen LogP contribution is 2.17. The summed E-state index contributed by atoms with van der Waals surface area (Å²) in [6, 6.07) is 6.81. The Labute approximate surface area is 146 Å². The van der Waals surface area contributed by atoms with Crippen molar-refractivity contribution >= 4 is 23.7 Å². The number of nitrogens with zero attached hydrogens (tertiary/aromatic N) is 1. The zero-order valence-corrected chi connectivity index (χ0v) is 14.5. The van der Waals surface area contributed by atoms with Gasteiger partial charge in [0.15, 0.2) is 0 Å². The Bertz CT molecular complexity index is 635. The second-order valence-corrected chi connectivity index (χ2v) is 5.87. The van der Waals surface area contributed by atoms with Gasteiger partial charge in [0.1, 0.15) is 0 Å². The van der Waals surface area contributed by atoms with Gasteiger partial charge in [0.2, 0.25) is 5.91 Å². The lowest BCUT2D eigenvalue weighted by Crippen LogP contribution is -2.51. The molecule has 8 nitrogen and oxygen atoms in total. The lowest BCUT2D eigenvalue weighted by molar-refractivity contribution is -0.127. The van der Waals surface area contributed by atoms with Gasteiger partial charge in [-0.1, -0.05) is 18.2 Å². The van der Waals surface area contributed by atoms with Gasteiger partial charge in [-0.05, 0) is 38.3 Å². The molecule has 2 rings (SSSR count). The fourth-order valence-corrected chi connectivity index (χ4v) is 2.66. The molecule has 0 saturated carbocycles. The third-order valence-electron chi connectivity index (χ3n) is 4.01. The van der Waals surface area contributed by atoms with E-state index >= 15 is 0 Å². The van der Waals surface area contributed by atoms with Crippen LogP contribution in [-0.2, 0) is 9.53 Å². The van der Waals surface area contributed by atoms with Crippen LogP contribution in [0.1, 0.15) is 25.3 Å². The maximum Gasteiger partial charge on any atom is 0.409 e. The van der Waals surface area contributed by atoms with Crippen LogP contribution in [-0.4, -0.2) is 42.6 Å². The fraction of sp³-hybridized carbons (Fsp3) is 0.471. The molecule has 1 saturated heterocycles. The molecule has 25 heavy (non-hydrogen) atoms. The molecule has 0 spiro atoms. The van der Waals surface area contributed by atoms with Gasteiger partial charge in [-0.3, -0.25) is 10.2 Å². The van der Waals surface area contributed by atoms with Crippen molar-refractivity contribution in [3.8, 4) is 0 Å². The van der Waals surface area contributed by atoms with Crippen LogP contribution in [0.25, 0.3) is 0 Å². The SMILES string of the molecule is CCOC(=O)N1CCC[C@H](C(=O)NNC(=O)Nc2ccccc2C)C1. The number of rotatable bonds is 3. The van der Waals surface area contributed by atoms with E-state index in [1.54, 1.807) is 13.0 Å². The molecule has 1 fully saturated rings. The number of likely N-dealkylation sites (tertiary alicyclic amines) is 1. The van der Waals surface area contributed by atoms with Crippen LogP contribution in [0.4, 0.5) is 15.3 Å². The fourth-order valence-electron chi connectivity index (χ4n) is 2.66. The van der Waals surface area contributed by atoms with E-state index in [0.717, 1.165) is 5.56 Å². The van der Waals surface area contributed by atoms with Crippen molar-refractivity contribution in [2.75, 3.05) is 25.0 Å². The summed E-state index contributed by atoms with van der Waals surface area (Å²) in [5.74, 6) is -0.703. The topological polar surface area (TPSA) is 99.8 Å². The van der Waals surface area contributed by atoms with Crippen LogP contribution >= 0.6 is 0 Å². The zero-order valence-electron chi connectivity index (χ0n) is 14.5. The Morgan fingerprint density at radius 2 is 2.00 bits per heavy atom. The molecular weight excluding hydrogens is 324 g/mol. The first-order valence-electron chi connectivity index (χ1n) is 8.35. The molecule has 136 valence electrons. The van der Waals surface area contributed by atoms with Crippen molar-refractivity contribution in [2.24, 2.45) is 5.92 Å². The number of aryl methyl sites for hydroxylation is 1. The van der Waals surface area contributed by atoms with Gasteiger partial charge in [-0.25, -0.2) is 15.0 Å². The standard InChI is InChI=1S/C17H24N4O4/c1-3-25-17(24)21-10-6-8-13(11-21)15(22)19-20-16(23)18-14-9-5-4-7-12(14)2/h4-5,7,9,13H,3,6,8,10-11H2,1-2H3,(H,19,22)(H2,18,20,23)/t13-/m0/s1. The van der Waals surface area contributed by atoms with Gasteiger partial charge in [-0.15, -0.1) is 0 Å². The maximum absolute atomic E-state index is 12.2.